The van der Waals surface area contributed by atoms with E-state index in [2.05, 4.69) is 29.2 Å². The van der Waals surface area contributed by atoms with E-state index < -0.39 is 0 Å². The largest absolute Gasteiger partial charge is 0.377 e. The number of piperazine rings is 1. The van der Waals surface area contributed by atoms with Gasteiger partial charge in [-0.25, -0.2) is 0 Å². The van der Waals surface area contributed by atoms with Gasteiger partial charge in [0.2, 0.25) is 0 Å². The normalized spacial score (nSPS) is 24.3. The summed E-state index contributed by atoms with van der Waals surface area (Å²) in [5.74, 6) is 0. The van der Waals surface area contributed by atoms with Gasteiger partial charge in [0.15, 0.2) is 0 Å². The van der Waals surface area contributed by atoms with Crippen LogP contribution in [0.25, 0.3) is 0 Å². The summed E-state index contributed by atoms with van der Waals surface area (Å²) in [6.07, 6.45) is -0.317. The molecule has 1 aromatic rings. The summed E-state index contributed by atoms with van der Waals surface area (Å²) in [7, 11) is 1.96. The van der Waals surface area contributed by atoms with Gasteiger partial charge in [0, 0.05) is 26.2 Å². The van der Waals surface area contributed by atoms with Crippen molar-refractivity contribution in [2.45, 2.75) is 12.8 Å². The lowest BCUT2D eigenvalue weighted by Crippen LogP contribution is -2.50. The van der Waals surface area contributed by atoms with Crippen molar-refractivity contribution < 1.29 is 5.11 Å². The van der Waals surface area contributed by atoms with E-state index in [1.165, 1.54) is 5.56 Å². The molecule has 0 aromatic heterocycles. The van der Waals surface area contributed by atoms with E-state index in [4.69, 9.17) is 0 Å². The average Bonchev–Trinajstić information content (AvgIpc) is 2.25. The van der Waals surface area contributed by atoms with Gasteiger partial charge >= 0.3 is 0 Å². The highest BCUT2D eigenvalue weighted by Crippen LogP contribution is 2.09. The predicted molar refractivity (Wildman–Crippen MR) is 60.4 cm³/mol. The number of hydrogen-bond acceptors (Lipinski definition) is 3. The Hall–Kier alpha value is -0.900. The van der Waals surface area contributed by atoms with E-state index in [1.54, 1.807) is 0 Å². The van der Waals surface area contributed by atoms with E-state index in [9.17, 15) is 5.11 Å². The van der Waals surface area contributed by atoms with Crippen LogP contribution in [0.1, 0.15) is 5.56 Å². The van der Waals surface area contributed by atoms with E-state index in [1.807, 2.05) is 18.0 Å². The maximum Gasteiger partial charge on any atom is 0.120 e. The molecule has 1 N–H and O–H groups in total. The van der Waals surface area contributed by atoms with Crippen molar-refractivity contribution in [3.63, 3.8) is 0 Å². The van der Waals surface area contributed by atoms with Crippen molar-refractivity contribution in [1.82, 2.24) is 9.80 Å². The van der Waals surface area contributed by atoms with Gasteiger partial charge in [-0.2, -0.15) is 0 Å². The minimum Gasteiger partial charge on any atom is -0.377 e. The summed E-state index contributed by atoms with van der Waals surface area (Å²) in [5.41, 5.74) is 1.31. The lowest BCUT2D eigenvalue weighted by Gasteiger charge is -2.36. The van der Waals surface area contributed by atoms with Crippen molar-refractivity contribution in [2.24, 2.45) is 0 Å². The quantitative estimate of drug-likeness (QED) is 0.773. The second-order valence-electron chi connectivity index (χ2n) is 4.18. The van der Waals surface area contributed by atoms with Crippen LogP contribution in [0, 0.1) is 0 Å². The molecule has 2 rings (SSSR count). The highest BCUT2D eigenvalue weighted by Gasteiger charge is 2.21. The molecule has 1 fully saturated rings. The Morgan fingerprint density at radius 2 is 2.00 bits per heavy atom. The number of rotatable bonds is 2. The number of nitrogens with zero attached hydrogens (tertiary/aromatic N) is 2. The monoisotopic (exact) mass is 206 g/mol. The molecule has 1 aliphatic heterocycles. The summed E-state index contributed by atoms with van der Waals surface area (Å²) in [4.78, 5) is 4.28. The third-order valence-corrected chi connectivity index (χ3v) is 2.95. The minimum absolute atomic E-state index is 0.317. The first-order valence-electron chi connectivity index (χ1n) is 5.40. The third-order valence-electron chi connectivity index (χ3n) is 2.95. The van der Waals surface area contributed by atoms with Crippen molar-refractivity contribution in [3.05, 3.63) is 35.9 Å². The summed E-state index contributed by atoms with van der Waals surface area (Å²) in [6, 6.07) is 10.4. The van der Waals surface area contributed by atoms with Crippen LogP contribution in [0.4, 0.5) is 0 Å². The molecule has 3 heteroatoms. The molecule has 15 heavy (non-hydrogen) atoms. The lowest BCUT2D eigenvalue weighted by atomic mass is 10.2. The minimum atomic E-state index is -0.317. The van der Waals surface area contributed by atoms with Crippen LogP contribution >= 0.6 is 0 Å². The standard InChI is InChI=1S/C12H18N2O/c1-13-7-8-14(10-12(13)15)9-11-5-3-2-4-6-11/h2-6,12,15H,7-10H2,1H3. The predicted octanol–water partition coefficient (Wildman–Crippen LogP) is 0.752. The maximum absolute atomic E-state index is 9.71. The third kappa shape index (κ3) is 2.78. The summed E-state index contributed by atoms with van der Waals surface area (Å²) < 4.78 is 0. The Labute approximate surface area is 90.9 Å². The molecule has 82 valence electrons. The Balaban J connectivity index is 1.91. The molecule has 0 radical (unpaired) electrons. The van der Waals surface area contributed by atoms with Gasteiger partial charge in [-0.05, 0) is 12.6 Å². The van der Waals surface area contributed by atoms with Gasteiger partial charge in [-0.15, -0.1) is 0 Å². The van der Waals surface area contributed by atoms with Crippen LogP contribution in [0.5, 0.6) is 0 Å². The van der Waals surface area contributed by atoms with Crippen molar-refractivity contribution in [1.29, 1.82) is 0 Å². The average molecular weight is 206 g/mol. The zero-order valence-corrected chi connectivity index (χ0v) is 9.13. The molecule has 1 atom stereocenters. The molecule has 0 saturated carbocycles. The molecule has 0 aliphatic carbocycles. The zero-order valence-electron chi connectivity index (χ0n) is 9.13. The first-order valence-corrected chi connectivity index (χ1v) is 5.40. The summed E-state index contributed by atoms with van der Waals surface area (Å²) in [5, 5.41) is 9.71. The van der Waals surface area contributed by atoms with Crippen LogP contribution in [0.3, 0.4) is 0 Å². The van der Waals surface area contributed by atoms with Gasteiger partial charge < -0.3 is 5.11 Å². The second-order valence-corrected chi connectivity index (χ2v) is 4.18. The molecule has 0 amide bonds. The molecule has 3 nitrogen and oxygen atoms in total. The fourth-order valence-corrected chi connectivity index (χ4v) is 1.90. The molecule has 0 bridgehead atoms. The van der Waals surface area contributed by atoms with Crippen LogP contribution in [-0.2, 0) is 6.54 Å². The second kappa shape index (κ2) is 4.75. The first-order chi connectivity index (χ1) is 7.25. The smallest absolute Gasteiger partial charge is 0.120 e. The summed E-state index contributed by atoms with van der Waals surface area (Å²) in [6.45, 7) is 3.65. The Morgan fingerprint density at radius 1 is 1.27 bits per heavy atom. The fourth-order valence-electron chi connectivity index (χ4n) is 1.90. The van der Waals surface area contributed by atoms with Gasteiger partial charge in [0.1, 0.15) is 6.23 Å². The number of hydrogen-bond donors (Lipinski definition) is 1. The van der Waals surface area contributed by atoms with E-state index in [-0.39, 0.29) is 6.23 Å². The van der Waals surface area contributed by atoms with Gasteiger partial charge in [0.25, 0.3) is 0 Å². The highest BCUT2D eigenvalue weighted by atomic mass is 16.3. The van der Waals surface area contributed by atoms with Crippen LogP contribution in [-0.4, -0.2) is 47.8 Å². The van der Waals surface area contributed by atoms with Gasteiger partial charge in [-0.3, -0.25) is 9.80 Å². The topological polar surface area (TPSA) is 26.7 Å². The van der Waals surface area contributed by atoms with Crippen LogP contribution in [0.15, 0.2) is 30.3 Å². The van der Waals surface area contributed by atoms with Gasteiger partial charge in [-0.1, -0.05) is 30.3 Å². The maximum atomic E-state index is 9.71. The van der Waals surface area contributed by atoms with E-state index >= 15 is 0 Å². The molecule has 1 heterocycles. The number of β-amino-alcohol motifs (C(OH)–C–C–N with tert-alkyl or cyclic N) is 1. The first kappa shape index (κ1) is 10.6. The molecule has 1 unspecified atom stereocenters. The summed E-state index contributed by atoms with van der Waals surface area (Å²) >= 11 is 0. The van der Waals surface area contributed by atoms with E-state index in [0.29, 0.717) is 0 Å². The molecular formula is C12H18N2O. The lowest BCUT2D eigenvalue weighted by molar-refractivity contribution is -0.0433. The zero-order chi connectivity index (χ0) is 10.7. The molecule has 1 saturated heterocycles. The molecule has 0 spiro atoms. The van der Waals surface area contributed by atoms with Crippen molar-refractivity contribution >= 4 is 0 Å². The Morgan fingerprint density at radius 3 is 2.67 bits per heavy atom. The number of likely N-dealkylation sites (N-methyl/N-ethyl adjacent to an activating group) is 1. The molecule has 1 aliphatic rings. The SMILES string of the molecule is CN1CCN(Cc2ccccc2)CC1O. The molecule has 1 aromatic carbocycles. The van der Waals surface area contributed by atoms with Crippen LogP contribution in [0.2, 0.25) is 0 Å². The Kier molecular flexibility index (Phi) is 3.36. The van der Waals surface area contributed by atoms with Crippen molar-refractivity contribution in [3.8, 4) is 0 Å². The van der Waals surface area contributed by atoms with Crippen LogP contribution < -0.4 is 0 Å². The number of aliphatic hydroxyl groups excluding tert-OH is 1. The van der Waals surface area contributed by atoms with E-state index in [0.717, 1.165) is 26.2 Å². The molecular weight excluding hydrogens is 188 g/mol. The number of benzene rings is 1. The Bertz CT molecular complexity index is 302. The van der Waals surface area contributed by atoms with Gasteiger partial charge in [0.05, 0.1) is 0 Å². The fraction of sp³-hybridized carbons (Fsp3) is 0.500. The number of aliphatic hydroxyl groups is 1. The highest BCUT2D eigenvalue weighted by molar-refractivity contribution is 5.14. The van der Waals surface area contributed by atoms with Crippen molar-refractivity contribution in [2.75, 3.05) is 26.7 Å².